The average molecular weight is 399 g/mol. The van der Waals surface area contributed by atoms with Gasteiger partial charge in [-0.1, -0.05) is 0 Å². The lowest BCUT2D eigenvalue weighted by atomic mass is 9.97. The van der Waals surface area contributed by atoms with Crippen molar-refractivity contribution in [3.05, 3.63) is 36.5 Å². The number of nitrogens with one attached hydrogen (secondary N) is 2. The van der Waals surface area contributed by atoms with Crippen molar-refractivity contribution in [1.82, 2.24) is 15.3 Å². The number of carbonyl (C=O) groups is 2. The van der Waals surface area contributed by atoms with Crippen LogP contribution in [0.25, 0.3) is 0 Å². The predicted molar refractivity (Wildman–Crippen MR) is 108 cm³/mol. The molecule has 1 aliphatic rings. The van der Waals surface area contributed by atoms with Gasteiger partial charge in [-0.2, -0.15) is 4.98 Å². The molecule has 9 heteroatoms. The highest BCUT2D eigenvalue weighted by atomic mass is 16.5. The molecule has 1 atom stereocenters. The van der Waals surface area contributed by atoms with Crippen LogP contribution in [0.3, 0.4) is 0 Å². The van der Waals surface area contributed by atoms with Gasteiger partial charge in [-0.05, 0) is 43.2 Å². The largest absolute Gasteiger partial charge is 0.497 e. The average Bonchev–Trinajstić information content (AvgIpc) is 2.78. The van der Waals surface area contributed by atoms with E-state index in [2.05, 4.69) is 25.3 Å². The molecule has 0 spiro atoms. The lowest BCUT2D eigenvalue weighted by Gasteiger charge is -2.32. The van der Waals surface area contributed by atoms with Gasteiger partial charge in [0.25, 0.3) is 0 Å². The molecule has 3 rings (SSSR count). The second-order valence-electron chi connectivity index (χ2n) is 6.67. The Bertz CT molecular complexity index is 843. The third-order valence-electron chi connectivity index (χ3n) is 4.71. The Morgan fingerprint density at radius 3 is 2.72 bits per heavy atom. The Morgan fingerprint density at radius 2 is 2.00 bits per heavy atom. The van der Waals surface area contributed by atoms with E-state index in [1.54, 1.807) is 19.4 Å². The third-order valence-corrected chi connectivity index (χ3v) is 4.71. The number of rotatable bonds is 7. The highest BCUT2D eigenvalue weighted by molar-refractivity contribution is 5.84. The van der Waals surface area contributed by atoms with Gasteiger partial charge in [0.1, 0.15) is 18.1 Å². The summed E-state index contributed by atoms with van der Waals surface area (Å²) in [6.07, 6.45) is 3.29. The van der Waals surface area contributed by atoms with Crippen LogP contribution in [-0.2, 0) is 14.3 Å². The summed E-state index contributed by atoms with van der Waals surface area (Å²) in [5.41, 5.74) is 0.883. The molecule has 1 aromatic carbocycles. The van der Waals surface area contributed by atoms with Crippen molar-refractivity contribution in [2.24, 2.45) is 5.92 Å². The molecule has 2 heterocycles. The Kier molecular flexibility index (Phi) is 6.83. The number of nitrogens with zero attached hydrogens (tertiary/aromatic N) is 3. The summed E-state index contributed by atoms with van der Waals surface area (Å²) >= 11 is 0. The Hall–Kier alpha value is -3.36. The van der Waals surface area contributed by atoms with E-state index in [9.17, 15) is 9.59 Å². The molecule has 0 bridgehead atoms. The SMILES string of the molecule is COC(=O)CNC(=O)C1CCCN(c2nccc(Nc3ccc(OC)cc3)n2)C1. The highest BCUT2D eigenvalue weighted by Crippen LogP contribution is 2.23. The summed E-state index contributed by atoms with van der Waals surface area (Å²) in [5, 5.41) is 5.87. The highest BCUT2D eigenvalue weighted by Gasteiger charge is 2.27. The van der Waals surface area contributed by atoms with Crippen LogP contribution < -0.4 is 20.3 Å². The lowest BCUT2D eigenvalue weighted by Crippen LogP contribution is -2.44. The molecular weight excluding hydrogens is 374 g/mol. The van der Waals surface area contributed by atoms with E-state index in [4.69, 9.17) is 4.74 Å². The summed E-state index contributed by atoms with van der Waals surface area (Å²) in [6, 6.07) is 9.34. The number of benzene rings is 1. The zero-order valence-corrected chi connectivity index (χ0v) is 16.6. The molecule has 29 heavy (non-hydrogen) atoms. The summed E-state index contributed by atoms with van der Waals surface area (Å²) < 4.78 is 9.72. The van der Waals surface area contributed by atoms with Crippen LogP contribution in [0.1, 0.15) is 12.8 Å². The van der Waals surface area contributed by atoms with Crippen LogP contribution in [0.5, 0.6) is 5.75 Å². The monoisotopic (exact) mass is 399 g/mol. The fourth-order valence-corrected chi connectivity index (χ4v) is 3.14. The molecule has 0 radical (unpaired) electrons. The van der Waals surface area contributed by atoms with Gasteiger partial charge >= 0.3 is 5.97 Å². The van der Waals surface area contributed by atoms with Crippen molar-refractivity contribution in [3.8, 4) is 5.75 Å². The zero-order chi connectivity index (χ0) is 20.6. The second kappa shape index (κ2) is 9.72. The molecule has 9 nitrogen and oxygen atoms in total. The topological polar surface area (TPSA) is 106 Å². The fraction of sp³-hybridized carbons (Fsp3) is 0.400. The number of aromatic nitrogens is 2. The molecule has 1 unspecified atom stereocenters. The second-order valence-corrected chi connectivity index (χ2v) is 6.67. The molecule has 0 aliphatic carbocycles. The van der Waals surface area contributed by atoms with Crippen LogP contribution in [-0.4, -0.2) is 55.7 Å². The van der Waals surface area contributed by atoms with Crippen molar-refractivity contribution < 1.29 is 19.1 Å². The molecule has 154 valence electrons. The van der Waals surface area contributed by atoms with E-state index < -0.39 is 5.97 Å². The van der Waals surface area contributed by atoms with Gasteiger partial charge in [0, 0.05) is 25.0 Å². The van der Waals surface area contributed by atoms with Crippen LogP contribution in [0.15, 0.2) is 36.5 Å². The van der Waals surface area contributed by atoms with E-state index in [0.29, 0.717) is 18.3 Å². The molecule has 1 amide bonds. The molecule has 2 N–H and O–H groups in total. The maximum absolute atomic E-state index is 12.3. The van der Waals surface area contributed by atoms with Crippen LogP contribution in [0, 0.1) is 5.92 Å². The predicted octanol–water partition coefficient (Wildman–Crippen LogP) is 1.73. The normalized spacial score (nSPS) is 16.1. The van der Waals surface area contributed by atoms with Gasteiger partial charge in [-0.3, -0.25) is 9.59 Å². The minimum Gasteiger partial charge on any atom is -0.497 e. The van der Waals surface area contributed by atoms with E-state index in [-0.39, 0.29) is 18.4 Å². The molecule has 1 saturated heterocycles. The first kappa shape index (κ1) is 20.4. The maximum Gasteiger partial charge on any atom is 0.325 e. The number of methoxy groups -OCH3 is 2. The minimum absolute atomic E-state index is 0.121. The number of ether oxygens (including phenoxy) is 2. The number of piperidine rings is 1. The third kappa shape index (κ3) is 5.56. The maximum atomic E-state index is 12.3. The minimum atomic E-state index is -0.466. The number of anilines is 3. The van der Waals surface area contributed by atoms with Crippen molar-refractivity contribution in [2.45, 2.75) is 12.8 Å². The number of hydrogen-bond donors (Lipinski definition) is 2. The number of carbonyl (C=O) groups excluding carboxylic acids is 2. The van der Waals surface area contributed by atoms with E-state index in [0.717, 1.165) is 30.8 Å². The van der Waals surface area contributed by atoms with Crippen molar-refractivity contribution in [3.63, 3.8) is 0 Å². The molecule has 1 fully saturated rings. The van der Waals surface area contributed by atoms with E-state index >= 15 is 0 Å². The van der Waals surface area contributed by atoms with Gasteiger partial charge in [-0.25, -0.2) is 4.98 Å². The number of amides is 1. The summed E-state index contributed by atoms with van der Waals surface area (Å²) in [4.78, 5) is 34.5. The Morgan fingerprint density at radius 1 is 1.21 bits per heavy atom. The molecule has 1 aromatic heterocycles. The molecule has 0 saturated carbocycles. The number of esters is 1. The summed E-state index contributed by atoms with van der Waals surface area (Å²) in [7, 11) is 2.92. The van der Waals surface area contributed by atoms with Gasteiger partial charge in [0.2, 0.25) is 11.9 Å². The summed E-state index contributed by atoms with van der Waals surface area (Å²) in [6.45, 7) is 1.15. The van der Waals surface area contributed by atoms with Gasteiger partial charge < -0.3 is 25.0 Å². The summed E-state index contributed by atoms with van der Waals surface area (Å²) in [5.74, 6) is 1.16. The van der Waals surface area contributed by atoms with Gasteiger partial charge in [0.15, 0.2) is 0 Å². The zero-order valence-electron chi connectivity index (χ0n) is 16.6. The first-order valence-electron chi connectivity index (χ1n) is 9.42. The van der Waals surface area contributed by atoms with E-state index in [1.165, 1.54) is 7.11 Å². The van der Waals surface area contributed by atoms with Gasteiger partial charge in [-0.15, -0.1) is 0 Å². The Balaban J connectivity index is 1.63. The standard InChI is InChI=1S/C20H25N5O4/c1-28-16-7-5-15(6-8-16)23-17-9-10-21-20(24-17)25-11-3-4-14(13-25)19(27)22-12-18(26)29-2/h5-10,14H,3-4,11-13H2,1-2H3,(H,22,27)(H,21,23,24). The van der Waals surface area contributed by atoms with Crippen LogP contribution in [0.2, 0.25) is 0 Å². The van der Waals surface area contributed by atoms with Crippen LogP contribution in [0.4, 0.5) is 17.5 Å². The number of hydrogen-bond acceptors (Lipinski definition) is 8. The molecule has 1 aliphatic heterocycles. The molecule has 2 aromatic rings. The lowest BCUT2D eigenvalue weighted by molar-refractivity contribution is -0.141. The van der Waals surface area contributed by atoms with Crippen LogP contribution >= 0.6 is 0 Å². The van der Waals surface area contributed by atoms with Gasteiger partial charge in [0.05, 0.1) is 20.1 Å². The first-order valence-corrected chi connectivity index (χ1v) is 9.42. The Labute approximate surface area is 169 Å². The smallest absolute Gasteiger partial charge is 0.325 e. The van der Waals surface area contributed by atoms with Crippen molar-refractivity contribution >= 4 is 29.3 Å². The molecular formula is C20H25N5O4. The fourth-order valence-electron chi connectivity index (χ4n) is 3.14. The van der Waals surface area contributed by atoms with Crippen molar-refractivity contribution in [2.75, 3.05) is 44.1 Å². The quantitative estimate of drug-likeness (QED) is 0.678. The van der Waals surface area contributed by atoms with E-state index in [1.807, 2.05) is 29.2 Å². The first-order chi connectivity index (χ1) is 14.1. The van der Waals surface area contributed by atoms with Crippen molar-refractivity contribution in [1.29, 1.82) is 0 Å².